The molecule has 1 aliphatic rings. The van der Waals surface area contributed by atoms with Crippen LogP contribution in [0.15, 0.2) is 18.2 Å². The molecule has 3 rings (SSSR count). The first-order chi connectivity index (χ1) is 11.0. The number of nitrogens with zero attached hydrogens (tertiary/aromatic N) is 1. The number of aromatic nitrogens is 1. The average Bonchev–Trinajstić information content (AvgIpc) is 3.01. The van der Waals surface area contributed by atoms with Gasteiger partial charge in [0, 0.05) is 24.0 Å². The van der Waals surface area contributed by atoms with Crippen molar-refractivity contribution in [2.45, 2.75) is 13.8 Å². The van der Waals surface area contributed by atoms with Crippen LogP contribution in [-0.2, 0) is 4.79 Å². The summed E-state index contributed by atoms with van der Waals surface area (Å²) in [5.74, 6) is -0.248. The predicted octanol–water partition coefficient (Wildman–Crippen LogP) is 2.21. The number of fused-ring (bicyclic) bond motifs is 1. The Hall–Kier alpha value is -2.28. The number of hydrogen-bond donors (Lipinski definition) is 2. The quantitative estimate of drug-likeness (QED) is 0.900. The number of rotatable bonds is 4. The molecule has 0 saturated carbocycles. The van der Waals surface area contributed by atoms with E-state index >= 15 is 0 Å². The fourth-order valence-corrected chi connectivity index (χ4v) is 3.39. The van der Waals surface area contributed by atoms with E-state index in [0.29, 0.717) is 5.69 Å². The molecule has 0 radical (unpaired) electrons. The van der Waals surface area contributed by atoms with E-state index in [4.69, 9.17) is 0 Å². The lowest BCUT2D eigenvalue weighted by atomic mass is 10.1. The van der Waals surface area contributed by atoms with Crippen molar-refractivity contribution in [2.75, 3.05) is 18.8 Å². The molecular weight excluding hydrogens is 314 g/mol. The van der Waals surface area contributed by atoms with Gasteiger partial charge in [-0.3, -0.25) is 19.3 Å². The molecule has 0 atom stereocenters. The average molecular weight is 331 g/mol. The zero-order chi connectivity index (χ0) is 16.6. The number of hydrogen-bond acceptors (Lipinski definition) is 4. The smallest absolute Gasteiger partial charge is 0.288 e. The highest BCUT2D eigenvalue weighted by molar-refractivity contribution is 8.14. The number of carbonyl (C=O) groups is 3. The van der Waals surface area contributed by atoms with Gasteiger partial charge in [0.1, 0.15) is 5.69 Å². The maximum atomic E-state index is 12.3. The Kier molecular flexibility index (Phi) is 4.12. The highest BCUT2D eigenvalue weighted by atomic mass is 32.2. The normalized spacial score (nSPS) is 14.8. The number of aryl methyl sites for hydroxylation is 2. The molecule has 2 heterocycles. The van der Waals surface area contributed by atoms with Crippen LogP contribution in [0.3, 0.4) is 0 Å². The zero-order valence-electron chi connectivity index (χ0n) is 12.9. The molecule has 6 nitrogen and oxygen atoms in total. The van der Waals surface area contributed by atoms with Crippen molar-refractivity contribution in [3.8, 4) is 0 Å². The minimum Gasteiger partial charge on any atom is -0.350 e. The summed E-state index contributed by atoms with van der Waals surface area (Å²) in [6.45, 7) is 4.35. The number of imide groups is 1. The molecule has 2 aromatic rings. The van der Waals surface area contributed by atoms with Crippen LogP contribution in [0.5, 0.6) is 0 Å². The largest absolute Gasteiger partial charge is 0.350 e. The van der Waals surface area contributed by atoms with Gasteiger partial charge in [-0.25, -0.2) is 0 Å². The Balaban J connectivity index is 1.68. The molecule has 1 aliphatic heterocycles. The Bertz CT molecular complexity index is 796. The molecule has 0 spiro atoms. The number of thioether (sulfide) groups is 1. The minimum absolute atomic E-state index is 0.188. The zero-order valence-corrected chi connectivity index (χ0v) is 13.8. The Morgan fingerprint density at radius 2 is 2.13 bits per heavy atom. The molecule has 23 heavy (non-hydrogen) atoms. The van der Waals surface area contributed by atoms with Crippen LogP contribution in [0, 0.1) is 13.8 Å². The third-order valence-electron chi connectivity index (χ3n) is 3.90. The van der Waals surface area contributed by atoms with Crippen molar-refractivity contribution >= 4 is 39.7 Å². The summed E-state index contributed by atoms with van der Waals surface area (Å²) >= 11 is 0.994. The summed E-state index contributed by atoms with van der Waals surface area (Å²) in [4.78, 5) is 39.6. The number of H-pyrrole nitrogens is 1. The summed E-state index contributed by atoms with van der Waals surface area (Å²) in [5, 5.41) is 3.53. The molecular formula is C16H17N3O3S. The highest BCUT2D eigenvalue weighted by Gasteiger charge is 2.29. The van der Waals surface area contributed by atoms with Crippen LogP contribution in [0.1, 0.15) is 21.6 Å². The van der Waals surface area contributed by atoms with Gasteiger partial charge >= 0.3 is 0 Å². The van der Waals surface area contributed by atoms with Gasteiger partial charge in [0.15, 0.2) is 0 Å². The van der Waals surface area contributed by atoms with Gasteiger partial charge < -0.3 is 10.3 Å². The van der Waals surface area contributed by atoms with E-state index in [9.17, 15) is 14.4 Å². The van der Waals surface area contributed by atoms with Crippen molar-refractivity contribution in [3.05, 3.63) is 35.0 Å². The van der Waals surface area contributed by atoms with Crippen molar-refractivity contribution in [1.29, 1.82) is 0 Å². The Morgan fingerprint density at radius 1 is 1.35 bits per heavy atom. The lowest BCUT2D eigenvalue weighted by Crippen LogP contribution is -2.37. The molecule has 1 saturated heterocycles. The van der Waals surface area contributed by atoms with E-state index in [0.717, 1.165) is 33.8 Å². The van der Waals surface area contributed by atoms with Crippen molar-refractivity contribution in [3.63, 3.8) is 0 Å². The van der Waals surface area contributed by atoms with Gasteiger partial charge in [-0.2, -0.15) is 0 Å². The summed E-state index contributed by atoms with van der Waals surface area (Å²) < 4.78 is 0. The van der Waals surface area contributed by atoms with Crippen LogP contribution in [0.4, 0.5) is 4.79 Å². The molecule has 0 bridgehead atoms. The number of carbonyl (C=O) groups excluding carboxylic acids is 3. The molecule has 0 unspecified atom stereocenters. The summed E-state index contributed by atoms with van der Waals surface area (Å²) in [6.07, 6.45) is 0. The second kappa shape index (κ2) is 6.08. The number of amides is 3. The lowest BCUT2D eigenvalue weighted by molar-refractivity contribution is -0.124. The Labute approximate surface area is 137 Å². The van der Waals surface area contributed by atoms with Crippen LogP contribution in [-0.4, -0.2) is 45.8 Å². The van der Waals surface area contributed by atoms with Crippen molar-refractivity contribution in [1.82, 2.24) is 15.2 Å². The molecule has 3 amide bonds. The molecule has 2 N–H and O–H groups in total. The fourth-order valence-electron chi connectivity index (χ4n) is 2.63. The molecule has 120 valence electrons. The van der Waals surface area contributed by atoms with Crippen molar-refractivity contribution < 1.29 is 14.4 Å². The standard InChI is InChI=1S/C16H17N3O3S/c1-9-3-4-12-11(7-9)10(2)14(18-12)15(21)17-5-6-19-13(20)8-23-16(19)22/h3-4,7,18H,5-6,8H2,1-2H3,(H,17,21). The van der Waals surface area contributed by atoms with E-state index in [2.05, 4.69) is 10.3 Å². The second-order valence-electron chi connectivity index (χ2n) is 5.53. The Morgan fingerprint density at radius 3 is 2.83 bits per heavy atom. The molecule has 7 heteroatoms. The SMILES string of the molecule is Cc1ccc2[nH]c(C(=O)NCCN3C(=O)CSC3=O)c(C)c2c1. The van der Waals surface area contributed by atoms with Crippen LogP contribution in [0.25, 0.3) is 10.9 Å². The van der Waals surface area contributed by atoms with Crippen molar-refractivity contribution in [2.24, 2.45) is 0 Å². The van der Waals surface area contributed by atoms with Gasteiger partial charge in [-0.15, -0.1) is 0 Å². The van der Waals surface area contributed by atoms with Gasteiger partial charge in [0.25, 0.3) is 11.1 Å². The van der Waals surface area contributed by atoms with E-state index in [1.54, 1.807) is 0 Å². The maximum absolute atomic E-state index is 12.3. The number of benzene rings is 1. The van der Waals surface area contributed by atoms with Crippen LogP contribution in [0.2, 0.25) is 0 Å². The summed E-state index contributed by atoms with van der Waals surface area (Å²) in [7, 11) is 0. The first kappa shape index (κ1) is 15.6. The number of aromatic amines is 1. The van der Waals surface area contributed by atoms with E-state index in [-0.39, 0.29) is 35.9 Å². The molecule has 0 aliphatic carbocycles. The van der Waals surface area contributed by atoms with E-state index < -0.39 is 0 Å². The third kappa shape index (κ3) is 2.96. The monoisotopic (exact) mass is 331 g/mol. The predicted molar refractivity (Wildman–Crippen MR) is 89.7 cm³/mol. The maximum Gasteiger partial charge on any atom is 0.288 e. The molecule has 1 fully saturated rings. The molecule has 1 aromatic carbocycles. The summed E-state index contributed by atoms with van der Waals surface area (Å²) in [6, 6.07) is 5.98. The third-order valence-corrected chi connectivity index (χ3v) is 4.76. The summed E-state index contributed by atoms with van der Waals surface area (Å²) in [5.41, 5.74) is 3.46. The van der Waals surface area contributed by atoms with E-state index in [1.165, 1.54) is 4.90 Å². The lowest BCUT2D eigenvalue weighted by Gasteiger charge is -2.12. The van der Waals surface area contributed by atoms with Gasteiger partial charge in [0.2, 0.25) is 5.91 Å². The fraction of sp³-hybridized carbons (Fsp3) is 0.312. The van der Waals surface area contributed by atoms with E-state index in [1.807, 2.05) is 32.0 Å². The topological polar surface area (TPSA) is 82.3 Å². The minimum atomic E-state index is -0.249. The van der Waals surface area contributed by atoms with Gasteiger partial charge in [-0.1, -0.05) is 23.4 Å². The number of nitrogens with one attached hydrogen (secondary N) is 2. The van der Waals surface area contributed by atoms with Gasteiger partial charge in [0.05, 0.1) is 5.75 Å². The van der Waals surface area contributed by atoms with Gasteiger partial charge in [-0.05, 0) is 31.5 Å². The second-order valence-corrected chi connectivity index (χ2v) is 6.46. The van der Waals surface area contributed by atoms with Crippen LogP contribution < -0.4 is 5.32 Å². The first-order valence-electron chi connectivity index (χ1n) is 7.31. The highest BCUT2D eigenvalue weighted by Crippen LogP contribution is 2.23. The first-order valence-corrected chi connectivity index (χ1v) is 8.30. The van der Waals surface area contributed by atoms with Crippen LogP contribution >= 0.6 is 11.8 Å². The molecule has 1 aromatic heterocycles.